The Hall–Kier alpha value is -1.20. The van der Waals surface area contributed by atoms with Crippen LogP contribution in [0.15, 0.2) is 0 Å². The van der Waals surface area contributed by atoms with Gasteiger partial charge in [-0.3, -0.25) is 4.79 Å². The third kappa shape index (κ3) is 16.7. The van der Waals surface area contributed by atoms with E-state index in [4.69, 9.17) is 8.85 Å². The number of hydrogen-bond donors (Lipinski definition) is 1. The molecule has 0 bridgehead atoms. The van der Waals surface area contributed by atoms with E-state index in [9.17, 15) is 27.2 Å². The molecule has 162 valence electrons. The van der Waals surface area contributed by atoms with Gasteiger partial charge in [0.15, 0.2) is 6.67 Å². The van der Waals surface area contributed by atoms with E-state index in [2.05, 4.69) is 5.32 Å². The van der Waals surface area contributed by atoms with Crippen LogP contribution in [0.1, 0.15) is 33.1 Å². The van der Waals surface area contributed by atoms with Crippen molar-refractivity contribution >= 4 is 20.6 Å². The first-order valence-electron chi connectivity index (χ1n) is 8.69. The molecule has 0 rings (SSSR count). The van der Waals surface area contributed by atoms with E-state index in [-0.39, 0.29) is 12.5 Å². The van der Waals surface area contributed by atoms with Crippen LogP contribution in [0.4, 0.5) is 22.4 Å². The summed E-state index contributed by atoms with van der Waals surface area (Å²) >= 11 is 0. The quantitative estimate of drug-likeness (QED) is 0.172. The largest absolute Gasteiger partial charge is 0.398 e. The summed E-state index contributed by atoms with van der Waals surface area (Å²) in [5.41, 5.74) is 0. The standard InChI is InChI=1S/C13H27FN2O4Si.C3H5F3/c1-5-12(17)16(9-6-8-15-13(14)18)10-7-11-21(4,19-2)20-3;1-3(5,6)2-4/h5-11H2,1-4H3,(H,15,18);2H2,1H3. The fourth-order valence-electron chi connectivity index (χ4n) is 1.92. The van der Waals surface area contributed by atoms with Crippen LogP contribution in [0.5, 0.6) is 0 Å². The topological polar surface area (TPSA) is 67.9 Å². The number of nitrogens with one attached hydrogen (secondary N) is 1. The molecule has 0 radical (unpaired) electrons. The van der Waals surface area contributed by atoms with Crippen molar-refractivity contribution in [2.24, 2.45) is 0 Å². The van der Waals surface area contributed by atoms with Gasteiger partial charge in [0.25, 0.3) is 5.92 Å². The van der Waals surface area contributed by atoms with Gasteiger partial charge in [-0.1, -0.05) is 6.92 Å². The van der Waals surface area contributed by atoms with Crippen molar-refractivity contribution in [3.63, 3.8) is 0 Å². The van der Waals surface area contributed by atoms with E-state index in [0.717, 1.165) is 12.5 Å². The van der Waals surface area contributed by atoms with Crippen molar-refractivity contribution in [1.29, 1.82) is 0 Å². The van der Waals surface area contributed by atoms with Gasteiger partial charge in [-0.2, -0.15) is 0 Å². The third-order valence-electron chi connectivity index (χ3n) is 3.68. The van der Waals surface area contributed by atoms with Crippen molar-refractivity contribution in [3.8, 4) is 0 Å². The summed E-state index contributed by atoms with van der Waals surface area (Å²) < 4.78 is 55.7. The summed E-state index contributed by atoms with van der Waals surface area (Å²) in [7, 11) is 1.18. The number of hydrogen-bond acceptors (Lipinski definition) is 4. The molecule has 0 aromatic rings. The van der Waals surface area contributed by atoms with Crippen molar-refractivity contribution in [1.82, 2.24) is 10.2 Å². The van der Waals surface area contributed by atoms with Gasteiger partial charge < -0.3 is 19.1 Å². The van der Waals surface area contributed by atoms with Crippen LogP contribution in [-0.2, 0) is 13.6 Å². The summed E-state index contributed by atoms with van der Waals surface area (Å²) in [6, 6.07) is 0.800. The molecule has 0 aliphatic heterocycles. The van der Waals surface area contributed by atoms with Crippen molar-refractivity contribution in [3.05, 3.63) is 0 Å². The lowest BCUT2D eigenvalue weighted by Crippen LogP contribution is -2.38. The maximum Gasteiger partial charge on any atom is 0.397 e. The number of halogens is 4. The summed E-state index contributed by atoms with van der Waals surface area (Å²) in [6.45, 7) is 4.11. The smallest absolute Gasteiger partial charge is 0.397 e. The zero-order chi connectivity index (χ0) is 21.5. The molecule has 0 heterocycles. The molecule has 0 spiro atoms. The van der Waals surface area contributed by atoms with Crippen LogP contribution in [0.2, 0.25) is 12.6 Å². The maximum absolute atomic E-state index is 12.0. The molecule has 0 atom stereocenters. The van der Waals surface area contributed by atoms with Gasteiger partial charge in [0.1, 0.15) is 0 Å². The predicted molar refractivity (Wildman–Crippen MR) is 97.7 cm³/mol. The lowest BCUT2D eigenvalue weighted by Gasteiger charge is -2.26. The first-order valence-corrected chi connectivity index (χ1v) is 11.2. The van der Waals surface area contributed by atoms with Crippen LogP contribution in [0.3, 0.4) is 0 Å². The number of alkyl halides is 3. The Bertz CT molecular complexity index is 422. The van der Waals surface area contributed by atoms with E-state index in [1.165, 1.54) is 0 Å². The van der Waals surface area contributed by atoms with Crippen LogP contribution in [0, 0.1) is 0 Å². The molecular weight excluding hydrogens is 388 g/mol. The highest BCUT2D eigenvalue weighted by Gasteiger charge is 2.28. The van der Waals surface area contributed by atoms with Gasteiger partial charge in [0.2, 0.25) is 5.91 Å². The van der Waals surface area contributed by atoms with E-state index in [1.807, 2.05) is 13.5 Å². The second-order valence-electron chi connectivity index (χ2n) is 6.14. The lowest BCUT2D eigenvalue weighted by atomic mass is 10.3. The van der Waals surface area contributed by atoms with Gasteiger partial charge >= 0.3 is 14.7 Å². The maximum atomic E-state index is 12.0. The van der Waals surface area contributed by atoms with Crippen molar-refractivity contribution in [2.45, 2.75) is 51.6 Å². The molecule has 11 heteroatoms. The molecule has 0 unspecified atom stereocenters. The predicted octanol–water partition coefficient (Wildman–Crippen LogP) is 3.66. The fraction of sp³-hybridized carbons (Fsp3) is 0.875. The molecule has 0 saturated heterocycles. The van der Waals surface area contributed by atoms with Crippen LogP contribution in [-0.4, -0.2) is 72.0 Å². The second-order valence-corrected chi connectivity index (χ2v) is 9.72. The monoisotopic (exact) mass is 420 g/mol. The Labute approximate surface area is 159 Å². The van der Waals surface area contributed by atoms with E-state index in [1.54, 1.807) is 19.1 Å². The Morgan fingerprint density at radius 2 is 1.63 bits per heavy atom. The number of rotatable bonds is 12. The van der Waals surface area contributed by atoms with Crippen LogP contribution < -0.4 is 5.32 Å². The fourth-order valence-corrected chi connectivity index (χ4v) is 3.30. The first-order chi connectivity index (χ1) is 12.4. The zero-order valence-corrected chi connectivity index (χ0v) is 17.7. The first kappa shape index (κ1) is 28.0. The minimum atomic E-state index is -3.12. The summed E-state index contributed by atoms with van der Waals surface area (Å²) in [5.74, 6) is -3.07. The molecule has 6 nitrogen and oxygen atoms in total. The molecular formula is C16H32F4N2O4Si. The Morgan fingerprint density at radius 1 is 1.15 bits per heavy atom. The van der Waals surface area contributed by atoms with Gasteiger partial charge in [-0.05, 0) is 25.4 Å². The summed E-state index contributed by atoms with van der Waals surface area (Å²) in [5, 5.41) is 2.08. The molecule has 0 aromatic heterocycles. The Balaban J connectivity index is 0. The lowest BCUT2D eigenvalue weighted by molar-refractivity contribution is -0.131. The van der Waals surface area contributed by atoms with Gasteiger partial charge in [-0.15, -0.1) is 4.39 Å². The van der Waals surface area contributed by atoms with Gasteiger partial charge in [-0.25, -0.2) is 18.0 Å². The molecule has 1 N–H and O–H groups in total. The molecule has 0 aliphatic carbocycles. The number of carbonyl (C=O) groups is 2. The number of amides is 2. The minimum Gasteiger partial charge on any atom is -0.398 e. The van der Waals surface area contributed by atoms with Gasteiger partial charge in [0.05, 0.1) is 0 Å². The van der Waals surface area contributed by atoms with E-state index < -0.39 is 27.3 Å². The number of carbonyl (C=O) groups excluding carboxylic acids is 2. The highest BCUT2D eigenvalue weighted by molar-refractivity contribution is 6.65. The minimum absolute atomic E-state index is 0.0554. The average molecular weight is 421 g/mol. The van der Waals surface area contributed by atoms with Crippen LogP contribution in [0.25, 0.3) is 0 Å². The van der Waals surface area contributed by atoms with Crippen molar-refractivity contribution < 1.29 is 36.0 Å². The molecule has 0 fully saturated rings. The number of nitrogens with zero attached hydrogens (tertiary/aromatic N) is 1. The molecule has 0 aliphatic rings. The van der Waals surface area contributed by atoms with Gasteiger partial charge in [0, 0.05) is 47.2 Å². The molecule has 27 heavy (non-hydrogen) atoms. The normalized spacial score (nSPS) is 11.4. The summed E-state index contributed by atoms with van der Waals surface area (Å²) in [4.78, 5) is 23.7. The van der Waals surface area contributed by atoms with Crippen LogP contribution >= 0.6 is 0 Å². The highest BCUT2D eigenvalue weighted by atomic mass is 28.4. The molecule has 0 saturated carbocycles. The molecule has 2 amide bonds. The Morgan fingerprint density at radius 3 is 2.00 bits per heavy atom. The molecule has 0 aromatic carbocycles. The van der Waals surface area contributed by atoms with E-state index >= 15 is 0 Å². The summed E-state index contributed by atoms with van der Waals surface area (Å²) in [6.07, 6.45) is 0.222. The second kappa shape index (κ2) is 14.8. The third-order valence-corrected chi connectivity index (χ3v) is 6.67. The zero-order valence-electron chi connectivity index (χ0n) is 16.7. The van der Waals surface area contributed by atoms with Crippen molar-refractivity contribution in [2.75, 3.05) is 40.5 Å². The Kier molecular flexibility index (Phi) is 15.4. The highest BCUT2D eigenvalue weighted by Crippen LogP contribution is 2.14. The van der Waals surface area contributed by atoms with E-state index in [0.29, 0.717) is 32.9 Å². The SMILES string of the molecule is CC(F)(F)CF.CCC(=O)N(CCCNC(=O)F)CCC[Si](C)(OC)OC. The average Bonchev–Trinajstić information content (AvgIpc) is 2.62.